The van der Waals surface area contributed by atoms with E-state index in [1.54, 1.807) is 0 Å². The minimum absolute atomic E-state index is 0.265. The summed E-state index contributed by atoms with van der Waals surface area (Å²) in [5.41, 5.74) is 8.20. The maximum atomic E-state index is 6.05. The number of nitrogens with one attached hydrogen (secondary N) is 1. The molecule has 3 nitrogen and oxygen atoms in total. The van der Waals surface area contributed by atoms with E-state index in [0.29, 0.717) is 0 Å². The van der Waals surface area contributed by atoms with E-state index >= 15 is 0 Å². The number of fused-ring (bicyclic) bond motifs is 1. The number of allylic oxidation sites excluding steroid dienone is 3. The molecular weight excluding hydrogens is 254 g/mol. The molecule has 4 heteroatoms. The molecule has 3 aliphatic rings. The first-order valence-corrected chi connectivity index (χ1v) is 7.71. The number of hydrogen-bond donors (Lipinski definition) is 2. The van der Waals surface area contributed by atoms with Crippen molar-refractivity contribution in [3.63, 3.8) is 0 Å². The molecule has 0 aromatic heterocycles. The van der Waals surface area contributed by atoms with Crippen LogP contribution in [0.25, 0.3) is 0 Å². The van der Waals surface area contributed by atoms with Crippen LogP contribution < -0.4 is 11.1 Å². The first-order chi connectivity index (χ1) is 9.34. The smallest absolute Gasteiger partial charge is 0.0858 e. The quantitative estimate of drug-likeness (QED) is 0.773. The third-order valence-electron chi connectivity index (χ3n) is 3.08. The second-order valence-corrected chi connectivity index (χ2v) is 5.43. The summed E-state index contributed by atoms with van der Waals surface area (Å²) < 4.78 is 0. The number of nitrogens with two attached hydrogens (primary N) is 1. The van der Waals surface area contributed by atoms with Crippen LogP contribution in [-0.2, 0) is 0 Å². The van der Waals surface area contributed by atoms with Crippen LogP contribution in [0.15, 0.2) is 51.7 Å². The van der Waals surface area contributed by atoms with Crippen molar-refractivity contribution in [1.82, 2.24) is 5.32 Å². The van der Waals surface area contributed by atoms with Crippen molar-refractivity contribution in [3.8, 4) is 0 Å². The van der Waals surface area contributed by atoms with Gasteiger partial charge in [-0.15, -0.1) is 11.8 Å². The summed E-state index contributed by atoms with van der Waals surface area (Å²) in [5.74, 6) is 0. The van der Waals surface area contributed by atoms with Gasteiger partial charge in [0, 0.05) is 23.0 Å². The lowest BCUT2D eigenvalue weighted by atomic mass is 10.0. The maximum absolute atomic E-state index is 6.05. The lowest BCUT2D eigenvalue weighted by Gasteiger charge is -2.18. The van der Waals surface area contributed by atoms with E-state index in [1.165, 1.54) is 10.5 Å². The lowest BCUT2D eigenvalue weighted by molar-refractivity contribution is 0.703. The van der Waals surface area contributed by atoms with Crippen LogP contribution in [0.2, 0.25) is 0 Å². The Morgan fingerprint density at radius 2 is 2.11 bits per heavy atom. The highest BCUT2D eigenvalue weighted by molar-refractivity contribution is 8.04. The second-order valence-electron chi connectivity index (χ2n) is 4.25. The second kappa shape index (κ2) is 6.78. The van der Waals surface area contributed by atoms with E-state index < -0.39 is 0 Å². The highest BCUT2D eigenvalue weighted by Crippen LogP contribution is 2.38. The maximum Gasteiger partial charge on any atom is 0.0858 e. The van der Waals surface area contributed by atoms with E-state index in [-0.39, 0.29) is 11.4 Å². The molecule has 2 atom stereocenters. The van der Waals surface area contributed by atoms with Crippen LogP contribution >= 0.6 is 11.8 Å². The average molecular weight is 275 g/mol. The zero-order chi connectivity index (χ0) is 13.7. The van der Waals surface area contributed by atoms with Crippen LogP contribution in [0.1, 0.15) is 26.7 Å². The predicted octanol–water partition coefficient (Wildman–Crippen LogP) is 3.09. The molecule has 1 saturated heterocycles. The van der Waals surface area contributed by atoms with Crippen LogP contribution in [0.5, 0.6) is 0 Å². The highest BCUT2D eigenvalue weighted by atomic mass is 32.2. The summed E-state index contributed by atoms with van der Waals surface area (Å²) in [6.07, 6.45) is 14.4. The fraction of sp³-hybridized carbons (Fsp3) is 0.400. The van der Waals surface area contributed by atoms with Crippen molar-refractivity contribution in [3.05, 3.63) is 46.7 Å². The van der Waals surface area contributed by atoms with Crippen LogP contribution in [0.4, 0.5) is 0 Å². The minimum atomic E-state index is 0.265. The number of hydrogen-bond acceptors (Lipinski definition) is 4. The Morgan fingerprint density at radius 3 is 2.89 bits per heavy atom. The Morgan fingerprint density at radius 1 is 1.32 bits per heavy atom. The fourth-order valence-electron chi connectivity index (χ4n) is 2.20. The first-order valence-electron chi connectivity index (χ1n) is 6.83. The summed E-state index contributed by atoms with van der Waals surface area (Å²) in [6, 6.07) is 0.281. The van der Waals surface area contributed by atoms with E-state index in [4.69, 9.17) is 5.73 Å². The third-order valence-corrected chi connectivity index (χ3v) is 4.34. The monoisotopic (exact) mass is 275 g/mol. The van der Waals surface area contributed by atoms with E-state index in [9.17, 15) is 0 Å². The topological polar surface area (TPSA) is 50.4 Å². The van der Waals surface area contributed by atoms with Crippen LogP contribution in [0, 0.1) is 0 Å². The molecule has 0 amide bonds. The highest BCUT2D eigenvalue weighted by Gasteiger charge is 2.31. The number of rotatable bonds is 1. The minimum Gasteiger partial charge on any atom is -0.399 e. The largest absolute Gasteiger partial charge is 0.399 e. The van der Waals surface area contributed by atoms with Crippen LogP contribution in [0.3, 0.4) is 0 Å². The van der Waals surface area contributed by atoms with Gasteiger partial charge < -0.3 is 5.73 Å². The Balaban J connectivity index is 0.000000637. The zero-order valence-corrected chi connectivity index (χ0v) is 12.3. The summed E-state index contributed by atoms with van der Waals surface area (Å²) in [5, 5.41) is 3.84. The molecule has 19 heavy (non-hydrogen) atoms. The molecule has 0 saturated carbocycles. The van der Waals surface area contributed by atoms with Crippen molar-refractivity contribution in [1.29, 1.82) is 0 Å². The Hall–Kier alpha value is -1.26. The van der Waals surface area contributed by atoms with Gasteiger partial charge in [-0.05, 0) is 24.5 Å². The van der Waals surface area contributed by atoms with Gasteiger partial charge in [-0.3, -0.25) is 10.3 Å². The molecule has 0 aromatic carbocycles. The van der Waals surface area contributed by atoms with Crippen molar-refractivity contribution >= 4 is 18.0 Å². The van der Waals surface area contributed by atoms with Crippen molar-refractivity contribution in [2.45, 2.75) is 38.1 Å². The van der Waals surface area contributed by atoms with Crippen molar-refractivity contribution < 1.29 is 0 Å². The summed E-state index contributed by atoms with van der Waals surface area (Å²) in [6.45, 7) is 4.00. The predicted molar refractivity (Wildman–Crippen MR) is 85.0 cm³/mol. The average Bonchev–Trinajstić information content (AvgIpc) is 2.72. The molecule has 2 aliphatic heterocycles. The fourth-order valence-corrected chi connectivity index (χ4v) is 3.46. The molecule has 0 spiro atoms. The normalized spacial score (nSPS) is 28.4. The zero-order valence-electron chi connectivity index (χ0n) is 11.5. The van der Waals surface area contributed by atoms with Gasteiger partial charge in [-0.1, -0.05) is 32.1 Å². The molecule has 2 unspecified atom stereocenters. The van der Waals surface area contributed by atoms with Crippen LogP contribution in [-0.4, -0.2) is 17.6 Å². The van der Waals surface area contributed by atoms with Gasteiger partial charge in [0.15, 0.2) is 0 Å². The first kappa shape index (κ1) is 14.2. The molecule has 1 aliphatic carbocycles. The Bertz CT molecular complexity index is 472. The number of nitrogens with zero attached hydrogens (tertiary/aromatic N) is 1. The molecule has 2 heterocycles. The standard InChI is InChI=1S/C13H15N3S.C2H6/c14-10-5-2-1-4-9(10)13-16-11-6-3-7-15-8-12(11)17-13;1-2/h3-8,11,13,16H,1-2,14H2;1-2H3. The summed E-state index contributed by atoms with van der Waals surface area (Å²) >= 11 is 1.81. The number of thioether (sulfide) groups is 1. The molecule has 3 N–H and O–H groups in total. The molecule has 0 bridgehead atoms. The van der Waals surface area contributed by atoms with Gasteiger partial charge in [0.25, 0.3) is 0 Å². The van der Waals surface area contributed by atoms with Gasteiger partial charge >= 0.3 is 0 Å². The third kappa shape index (κ3) is 3.19. The SMILES string of the molecule is CC.NC1=CCCC=C1C1NC2C=CC=NC=C2S1. The molecule has 1 fully saturated rings. The molecule has 102 valence electrons. The molecule has 0 aromatic rings. The van der Waals surface area contributed by atoms with E-state index in [1.807, 2.05) is 44.1 Å². The molecule has 0 radical (unpaired) electrons. The van der Waals surface area contributed by atoms with Crippen molar-refractivity contribution in [2.75, 3.05) is 0 Å². The summed E-state index contributed by atoms with van der Waals surface area (Å²) in [7, 11) is 0. The van der Waals surface area contributed by atoms with Gasteiger partial charge in [0.05, 0.1) is 11.4 Å². The Labute approximate surface area is 119 Å². The number of aliphatic imine (C=N–C) groups is 1. The molecule has 3 rings (SSSR count). The van der Waals surface area contributed by atoms with Gasteiger partial charge in [-0.25, -0.2) is 0 Å². The van der Waals surface area contributed by atoms with Gasteiger partial charge in [0.2, 0.25) is 0 Å². The van der Waals surface area contributed by atoms with Gasteiger partial charge in [-0.2, -0.15) is 0 Å². The summed E-state index contributed by atoms with van der Waals surface area (Å²) in [4.78, 5) is 5.48. The lowest BCUT2D eigenvalue weighted by Crippen LogP contribution is -2.31. The van der Waals surface area contributed by atoms with E-state index in [0.717, 1.165) is 18.5 Å². The Kier molecular flexibility index (Phi) is 5.05. The van der Waals surface area contributed by atoms with E-state index in [2.05, 4.69) is 28.5 Å². The molecular formula is C15H21N3S. The van der Waals surface area contributed by atoms with Gasteiger partial charge in [0.1, 0.15) is 0 Å². The van der Waals surface area contributed by atoms with Crippen molar-refractivity contribution in [2.24, 2.45) is 10.7 Å².